The van der Waals surface area contributed by atoms with Crippen LogP contribution in [0.4, 0.5) is 0 Å². The van der Waals surface area contributed by atoms with Crippen molar-refractivity contribution in [1.82, 2.24) is 10.6 Å². The Balaban J connectivity index is 1.94. The number of carbonyl (C=O) groups excluding carboxylic acids is 2. The molecule has 0 fully saturated rings. The highest BCUT2D eigenvalue weighted by atomic mass is 79.9. The fourth-order valence-electron chi connectivity index (χ4n) is 1.62. The van der Waals surface area contributed by atoms with Crippen LogP contribution in [0.3, 0.4) is 0 Å². The van der Waals surface area contributed by atoms with E-state index in [1.807, 2.05) is 0 Å². The molecule has 2 N–H and O–H groups in total. The number of benzene rings is 1. The third-order valence-corrected chi connectivity index (χ3v) is 3.12. The summed E-state index contributed by atoms with van der Waals surface area (Å²) in [5, 5.41) is 5.29. The Morgan fingerprint density at radius 1 is 1.10 bits per heavy atom. The highest BCUT2D eigenvalue weighted by Crippen LogP contribution is 2.14. The fourth-order valence-corrected chi connectivity index (χ4v) is 1.93. The van der Waals surface area contributed by atoms with E-state index in [1.54, 1.807) is 43.4 Å². The Labute approximate surface area is 124 Å². The van der Waals surface area contributed by atoms with Gasteiger partial charge in [0.05, 0.1) is 0 Å². The van der Waals surface area contributed by atoms with Gasteiger partial charge in [0.1, 0.15) is 0 Å². The molecule has 6 heteroatoms. The summed E-state index contributed by atoms with van der Waals surface area (Å²) in [6.45, 7) is 0.366. The van der Waals surface area contributed by atoms with Gasteiger partial charge in [0.25, 0.3) is 11.8 Å². The van der Waals surface area contributed by atoms with Crippen LogP contribution < -0.4 is 10.6 Å². The average molecular weight is 337 g/mol. The van der Waals surface area contributed by atoms with Crippen molar-refractivity contribution in [2.75, 3.05) is 7.05 Å². The van der Waals surface area contributed by atoms with Crippen LogP contribution in [0.25, 0.3) is 0 Å². The molecule has 2 aromatic rings. The maximum Gasteiger partial charge on any atom is 0.287 e. The molecule has 5 nitrogen and oxygen atoms in total. The lowest BCUT2D eigenvalue weighted by Gasteiger charge is -2.05. The fraction of sp³-hybridized carbons (Fsp3) is 0.143. The van der Waals surface area contributed by atoms with Gasteiger partial charge in [-0.1, -0.05) is 12.1 Å². The second-order valence-corrected chi connectivity index (χ2v) is 4.84. The molecule has 0 unspecified atom stereocenters. The number of carbonyl (C=O) groups is 2. The first-order valence-electron chi connectivity index (χ1n) is 5.94. The molecule has 0 spiro atoms. The number of hydrogen-bond donors (Lipinski definition) is 2. The Hall–Kier alpha value is -2.08. The van der Waals surface area contributed by atoms with Gasteiger partial charge in [0.2, 0.25) is 0 Å². The molecular formula is C14H13BrN2O3. The Morgan fingerprint density at radius 2 is 1.80 bits per heavy atom. The van der Waals surface area contributed by atoms with Gasteiger partial charge in [-0.15, -0.1) is 0 Å². The average Bonchev–Trinajstić information content (AvgIpc) is 2.91. The van der Waals surface area contributed by atoms with Crippen LogP contribution in [0.1, 0.15) is 26.5 Å². The van der Waals surface area contributed by atoms with Crippen molar-refractivity contribution in [2.45, 2.75) is 6.54 Å². The third kappa shape index (κ3) is 3.48. The Bertz CT molecular complexity index is 620. The Morgan fingerprint density at radius 3 is 2.35 bits per heavy atom. The van der Waals surface area contributed by atoms with E-state index < -0.39 is 0 Å². The first kappa shape index (κ1) is 14.3. The second kappa shape index (κ2) is 6.38. The molecule has 0 bridgehead atoms. The predicted molar refractivity (Wildman–Crippen MR) is 77.4 cm³/mol. The molecule has 0 radical (unpaired) electrons. The molecule has 0 aliphatic heterocycles. The molecule has 104 valence electrons. The maximum absolute atomic E-state index is 11.8. The monoisotopic (exact) mass is 336 g/mol. The zero-order valence-electron chi connectivity index (χ0n) is 10.8. The maximum atomic E-state index is 11.8. The Kier molecular flexibility index (Phi) is 4.57. The number of hydrogen-bond acceptors (Lipinski definition) is 3. The topological polar surface area (TPSA) is 71.3 Å². The van der Waals surface area contributed by atoms with E-state index in [0.29, 0.717) is 16.8 Å². The zero-order chi connectivity index (χ0) is 14.5. The van der Waals surface area contributed by atoms with Gasteiger partial charge in [0.15, 0.2) is 10.4 Å². The predicted octanol–water partition coefficient (Wildman–Crippen LogP) is 2.33. The number of amides is 2. The highest BCUT2D eigenvalue weighted by molar-refractivity contribution is 9.10. The summed E-state index contributed by atoms with van der Waals surface area (Å²) in [6.07, 6.45) is 0. The number of rotatable bonds is 4. The molecule has 2 rings (SSSR count). The summed E-state index contributed by atoms with van der Waals surface area (Å²) in [5.41, 5.74) is 1.48. The molecule has 20 heavy (non-hydrogen) atoms. The van der Waals surface area contributed by atoms with Crippen LogP contribution in [0, 0.1) is 0 Å². The minimum Gasteiger partial charge on any atom is -0.444 e. The van der Waals surface area contributed by atoms with Gasteiger partial charge in [0, 0.05) is 19.2 Å². The standard InChI is InChI=1S/C14H13BrN2O3/c1-16-13(18)10-4-2-9(3-5-10)8-17-14(19)11-6-7-12(15)20-11/h2-7H,8H2,1H3,(H,16,18)(H,17,19). The lowest BCUT2D eigenvalue weighted by molar-refractivity contribution is 0.0920. The van der Waals surface area contributed by atoms with Crippen molar-refractivity contribution in [1.29, 1.82) is 0 Å². The third-order valence-electron chi connectivity index (χ3n) is 2.69. The van der Waals surface area contributed by atoms with E-state index in [9.17, 15) is 9.59 Å². The number of furan rings is 1. The van der Waals surface area contributed by atoms with Gasteiger partial charge < -0.3 is 15.1 Å². The number of nitrogens with one attached hydrogen (secondary N) is 2. The van der Waals surface area contributed by atoms with Gasteiger partial charge in [-0.25, -0.2) is 0 Å². The lowest BCUT2D eigenvalue weighted by Crippen LogP contribution is -2.22. The van der Waals surface area contributed by atoms with Gasteiger partial charge >= 0.3 is 0 Å². The lowest BCUT2D eigenvalue weighted by atomic mass is 10.1. The van der Waals surface area contributed by atoms with Crippen molar-refractivity contribution in [3.8, 4) is 0 Å². The summed E-state index contributed by atoms with van der Waals surface area (Å²) in [4.78, 5) is 23.1. The molecule has 1 aromatic carbocycles. The van der Waals surface area contributed by atoms with Crippen LogP contribution in [0.2, 0.25) is 0 Å². The number of halogens is 1. The zero-order valence-corrected chi connectivity index (χ0v) is 12.4. The van der Waals surface area contributed by atoms with E-state index >= 15 is 0 Å². The minimum atomic E-state index is -0.286. The second-order valence-electron chi connectivity index (χ2n) is 4.06. The van der Waals surface area contributed by atoms with E-state index in [1.165, 1.54) is 0 Å². The van der Waals surface area contributed by atoms with E-state index in [-0.39, 0.29) is 17.6 Å². The molecule has 0 atom stereocenters. The van der Waals surface area contributed by atoms with Crippen LogP contribution >= 0.6 is 15.9 Å². The van der Waals surface area contributed by atoms with E-state index in [4.69, 9.17) is 4.42 Å². The quantitative estimate of drug-likeness (QED) is 0.900. The van der Waals surface area contributed by atoms with Crippen molar-refractivity contribution in [3.05, 3.63) is 58.0 Å². The SMILES string of the molecule is CNC(=O)c1ccc(CNC(=O)c2ccc(Br)o2)cc1. The minimum absolute atomic E-state index is 0.138. The molecule has 0 aliphatic carbocycles. The summed E-state index contributed by atoms with van der Waals surface area (Å²) in [5.74, 6) is -0.175. The summed E-state index contributed by atoms with van der Waals surface area (Å²) >= 11 is 3.14. The summed E-state index contributed by atoms with van der Waals surface area (Å²) < 4.78 is 5.66. The van der Waals surface area contributed by atoms with Crippen molar-refractivity contribution < 1.29 is 14.0 Å². The van der Waals surface area contributed by atoms with E-state index in [0.717, 1.165) is 5.56 Å². The first-order chi connectivity index (χ1) is 9.60. The van der Waals surface area contributed by atoms with Crippen molar-refractivity contribution in [2.24, 2.45) is 0 Å². The van der Waals surface area contributed by atoms with Crippen LogP contribution in [-0.2, 0) is 6.54 Å². The normalized spacial score (nSPS) is 10.1. The molecule has 1 aromatic heterocycles. The molecule has 0 saturated heterocycles. The molecule has 0 aliphatic rings. The molecule has 0 saturated carbocycles. The highest BCUT2D eigenvalue weighted by Gasteiger charge is 2.10. The van der Waals surface area contributed by atoms with Gasteiger partial charge in [-0.05, 0) is 45.8 Å². The summed E-state index contributed by atoms with van der Waals surface area (Å²) in [7, 11) is 1.58. The molecule has 2 amide bonds. The van der Waals surface area contributed by atoms with Crippen molar-refractivity contribution >= 4 is 27.7 Å². The molecular weight excluding hydrogens is 324 g/mol. The van der Waals surface area contributed by atoms with E-state index in [2.05, 4.69) is 26.6 Å². The molecule has 1 heterocycles. The van der Waals surface area contributed by atoms with Crippen LogP contribution in [0.15, 0.2) is 45.5 Å². The van der Waals surface area contributed by atoms with Gasteiger partial charge in [-0.3, -0.25) is 9.59 Å². The van der Waals surface area contributed by atoms with Crippen LogP contribution in [0.5, 0.6) is 0 Å². The largest absolute Gasteiger partial charge is 0.444 e. The van der Waals surface area contributed by atoms with Crippen molar-refractivity contribution in [3.63, 3.8) is 0 Å². The first-order valence-corrected chi connectivity index (χ1v) is 6.74. The van der Waals surface area contributed by atoms with Gasteiger partial charge in [-0.2, -0.15) is 0 Å². The summed E-state index contributed by atoms with van der Waals surface area (Å²) in [6, 6.07) is 10.3. The smallest absolute Gasteiger partial charge is 0.287 e. The van der Waals surface area contributed by atoms with Crippen LogP contribution in [-0.4, -0.2) is 18.9 Å².